The average Bonchev–Trinajstić information content (AvgIpc) is 2.37. The first kappa shape index (κ1) is 13.1. The van der Waals surface area contributed by atoms with Crippen LogP contribution >= 0.6 is 43.2 Å². The molecule has 0 spiro atoms. The van der Waals surface area contributed by atoms with E-state index >= 15 is 0 Å². The van der Waals surface area contributed by atoms with Gasteiger partial charge < -0.3 is 5.11 Å². The molecule has 1 saturated carbocycles. The minimum atomic E-state index is -0.373. The maximum absolute atomic E-state index is 10.5. The molecule has 0 bridgehead atoms. The summed E-state index contributed by atoms with van der Waals surface area (Å²) in [6.07, 6.45) is -0.373. The molecule has 1 nitrogen and oxygen atoms in total. The molecule has 16 heavy (non-hydrogen) atoms. The molecule has 2 rings (SSSR count). The van der Waals surface area contributed by atoms with Gasteiger partial charge in [0.2, 0.25) is 0 Å². The first-order chi connectivity index (χ1) is 7.19. The average molecular weight is 368 g/mol. The summed E-state index contributed by atoms with van der Waals surface area (Å²) in [4.78, 5) is 0. The minimum absolute atomic E-state index is 0.209. The van der Waals surface area contributed by atoms with E-state index in [2.05, 4.69) is 59.6 Å². The number of aliphatic hydroxyl groups is 1. The zero-order valence-electron chi connectivity index (χ0n) is 9.84. The van der Waals surface area contributed by atoms with Gasteiger partial charge in [-0.15, -0.1) is 11.3 Å². The molecule has 1 heterocycles. The van der Waals surface area contributed by atoms with Crippen molar-refractivity contribution in [1.29, 1.82) is 0 Å². The van der Waals surface area contributed by atoms with Crippen LogP contribution in [0.5, 0.6) is 0 Å². The highest BCUT2D eigenvalue weighted by Gasteiger charge is 2.67. The van der Waals surface area contributed by atoms with Crippen molar-refractivity contribution in [3.05, 3.63) is 19.2 Å². The first-order valence-corrected chi connectivity index (χ1v) is 7.72. The quantitative estimate of drug-likeness (QED) is 0.780. The van der Waals surface area contributed by atoms with Crippen LogP contribution in [0.25, 0.3) is 0 Å². The smallest absolute Gasteiger partial charge is 0.0848 e. The van der Waals surface area contributed by atoms with Gasteiger partial charge in [-0.05, 0) is 48.8 Å². The second-order valence-corrected chi connectivity index (χ2v) is 9.39. The van der Waals surface area contributed by atoms with Crippen molar-refractivity contribution in [3.8, 4) is 0 Å². The maximum Gasteiger partial charge on any atom is 0.0848 e. The third-order valence-electron chi connectivity index (χ3n) is 4.45. The molecule has 0 aliphatic heterocycles. The summed E-state index contributed by atoms with van der Waals surface area (Å²) in [6, 6.07) is 2.02. The Morgan fingerprint density at radius 3 is 2.06 bits per heavy atom. The number of halogens is 2. The normalized spacial score (nSPS) is 24.4. The van der Waals surface area contributed by atoms with E-state index in [0.29, 0.717) is 5.92 Å². The van der Waals surface area contributed by atoms with Crippen LogP contribution in [0.3, 0.4) is 0 Å². The lowest BCUT2D eigenvalue weighted by atomic mass is 10.0. The molecule has 1 aliphatic carbocycles. The third kappa shape index (κ3) is 1.73. The van der Waals surface area contributed by atoms with Crippen molar-refractivity contribution >= 4 is 43.2 Å². The van der Waals surface area contributed by atoms with Crippen molar-refractivity contribution in [1.82, 2.24) is 0 Å². The molecule has 1 unspecified atom stereocenters. The van der Waals surface area contributed by atoms with Crippen LogP contribution < -0.4 is 0 Å². The fourth-order valence-corrected chi connectivity index (χ4v) is 5.68. The van der Waals surface area contributed by atoms with E-state index in [0.717, 1.165) is 13.1 Å². The largest absolute Gasteiger partial charge is 0.388 e. The van der Waals surface area contributed by atoms with Crippen molar-refractivity contribution in [3.63, 3.8) is 0 Å². The number of hydrogen-bond acceptors (Lipinski definition) is 2. The van der Waals surface area contributed by atoms with Gasteiger partial charge in [-0.25, -0.2) is 0 Å². The van der Waals surface area contributed by atoms with Gasteiger partial charge in [0.05, 0.1) is 13.7 Å². The zero-order chi connectivity index (χ0) is 12.3. The van der Waals surface area contributed by atoms with E-state index in [-0.39, 0.29) is 16.9 Å². The van der Waals surface area contributed by atoms with Crippen molar-refractivity contribution in [2.24, 2.45) is 16.7 Å². The summed E-state index contributed by atoms with van der Waals surface area (Å²) in [5.41, 5.74) is 1.43. The summed E-state index contributed by atoms with van der Waals surface area (Å²) in [7, 11) is 0. The summed E-state index contributed by atoms with van der Waals surface area (Å²) < 4.78 is 2.09. The molecule has 1 aliphatic rings. The zero-order valence-corrected chi connectivity index (χ0v) is 13.8. The molecule has 0 aromatic carbocycles. The van der Waals surface area contributed by atoms with Crippen molar-refractivity contribution in [2.75, 3.05) is 0 Å². The Kier molecular flexibility index (Phi) is 3.11. The highest BCUT2D eigenvalue weighted by Crippen LogP contribution is 2.72. The van der Waals surface area contributed by atoms with Gasteiger partial charge in [0, 0.05) is 11.5 Å². The summed E-state index contributed by atoms with van der Waals surface area (Å²) in [5, 5.41) is 10.5. The van der Waals surface area contributed by atoms with Crippen LogP contribution in [-0.4, -0.2) is 5.11 Å². The lowest BCUT2D eigenvalue weighted by molar-refractivity contribution is 0.130. The summed E-state index contributed by atoms with van der Waals surface area (Å²) in [6.45, 7) is 8.93. The Morgan fingerprint density at radius 2 is 1.75 bits per heavy atom. The lowest BCUT2D eigenvalue weighted by Gasteiger charge is -2.11. The van der Waals surface area contributed by atoms with Gasteiger partial charge in [0.1, 0.15) is 0 Å². The number of rotatable bonds is 2. The molecular weight excluding hydrogens is 352 g/mol. The van der Waals surface area contributed by atoms with Gasteiger partial charge in [-0.1, -0.05) is 27.7 Å². The van der Waals surface area contributed by atoms with E-state index in [9.17, 15) is 5.11 Å². The van der Waals surface area contributed by atoms with Gasteiger partial charge in [-0.2, -0.15) is 0 Å². The predicted molar refractivity (Wildman–Crippen MR) is 75.7 cm³/mol. The maximum atomic E-state index is 10.5. The van der Waals surface area contributed by atoms with E-state index in [1.165, 1.54) is 0 Å². The Balaban J connectivity index is 2.29. The van der Waals surface area contributed by atoms with Crippen molar-refractivity contribution in [2.45, 2.75) is 33.8 Å². The van der Waals surface area contributed by atoms with Gasteiger partial charge in [0.25, 0.3) is 0 Å². The van der Waals surface area contributed by atoms with Crippen LogP contribution in [0.2, 0.25) is 0 Å². The van der Waals surface area contributed by atoms with E-state index in [1.54, 1.807) is 11.3 Å². The van der Waals surface area contributed by atoms with E-state index in [4.69, 9.17) is 0 Å². The second-order valence-electron chi connectivity index (χ2n) is 5.65. The first-order valence-electron chi connectivity index (χ1n) is 5.32. The molecule has 4 heteroatoms. The Labute approximate surface area is 118 Å². The Bertz CT molecular complexity index is 409. The Hall–Kier alpha value is 0.620. The highest BCUT2D eigenvalue weighted by molar-refractivity contribution is 9.12. The van der Waals surface area contributed by atoms with E-state index < -0.39 is 0 Å². The molecule has 0 amide bonds. The van der Waals surface area contributed by atoms with Gasteiger partial charge >= 0.3 is 0 Å². The number of aliphatic hydroxyl groups excluding tert-OH is 1. The third-order valence-corrected chi connectivity index (χ3v) is 6.84. The SMILES string of the molecule is CC1(C)C(C(O)c2cc(Br)sc2Br)C1(C)C. The fourth-order valence-electron chi connectivity index (χ4n) is 2.77. The summed E-state index contributed by atoms with van der Waals surface area (Å²) >= 11 is 8.59. The van der Waals surface area contributed by atoms with Gasteiger partial charge in [-0.3, -0.25) is 0 Å². The van der Waals surface area contributed by atoms with Crippen molar-refractivity contribution < 1.29 is 5.11 Å². The molecular formula is C12H16Br2OS. The molecule has 1 N–H and O–H groups in total. The van der Waals surface area contributed by atoms with Crippen LogP contribution in [0.4, 0.5) is 0 Å². The molecule has 0 saturated heterocycles. The summed E-state index contributed by atoms with van der Waals surface area (Å²) in [5.74, 6) is 0.331. The lowest BCUT2D eigenvalue weighted by Crippen LogP contribution is -2.04. The minimum Gasteiger partial charge on any atom is -0.388 e. The molecule has 0 radical (unpaired) electrons. The predicted octanol–water partition coefficient (Wildman–Crippen LogP) is 4.99. The molecule has 1 fully saturated rings. The monoisotopic (exact) mass is 366 g/mol. The topological polar surface area (TPSA) is 20.2 Å². The second kappa shape index (κ2) is 3.81. The van der Waals surface area contributed by atoms with Crippen LogP contribution in [0, 0.1) is 16.7 Å². The van der Waals surface area contributed by atoms with Crippen LogP contribution in [-0.2, 0) is 0 Å². The van der Waals surface area contributed by atoms with E-state index in [1.807, 2.05) is 6.07 Å². The van der Waals surface area contributed by atoms with Crippen LogP contribution in [0.15, 0.2) is 13.6 Å². The molecule has 1 aromatic heterocycles. The fraction of sp³-hybridized carbons (Fsp3) is 0.667. The number of hydrogen-bond donors (Lipinski definition) is 1. The standard InChI is InChI=1S/C12H16Br2OS/c1-11(2)9(12(11,3)4)8(15)6-5-7(13)16-10(6)14/h5,8-9,15H,1-4H3. The number of thiophene rings is 1. The Morgan fingerprint density at radius 1 is 1.25 bits per heavy atom. The molecule has 1 aromatic rings. The van der Waals surface area contributed by atoms with Gasteiger partial charge in [0.15, 0.2) is 0 Å². The molecule has 90 valence electrons. The molecule has 1 atom stereocenters. The van der Waals surface area contributed by atoms with Crippen LogP contribution in [0.1, 0.15) is 39.4 Å². The highest BCUT2D eigenvalue weighted by atomic mass is 79.9.